The second kappa shape index (κ2) is 5.75. The Morgan fingerprint density at radius 1 is 1.14 bits per heavy atom. The Kier molecular flexibility index (Phi) is 4.03. The van der Waals surface area contributed by atoms with E-state index < -0.39 is 11.4 Å². The summed E-state index contributed by atoms with van der Waals surface area (Å²) in [6.07, 6.45) is 2.66. The average molecular weight is 284 g/mol. The van der Waals surface area contributed by atoms with Gasteiger partial charge in [0.15, 0.2) is 0 Å². The number of nitrogens with zero attached hydrogens (tertiary/aromatic N) is 1. The Bertz CT molecular complexity index is 666. The molecule has 0 bridgehead atoms. The molecular weight excluding hydrogens is 268 g/mol. The lowest BCUT2D eigenvalue weighted by Gasteiger charge is -2.24. The number of nitrogens with one attached hydrogen (secondary N) is 1. The second-order valence-electron chi connectivity index (χ2n) is 5.21. The van der Waals surface area contributed by atoms with Crippen LogP contribution in [0.1, 0.15) is 29.8 Å². The van der Waals surface area contributed by atoms with Gasteiger partial charge in [-0.2, -0.15) is 0 Å². The maximum Gasteiger partial charge on any atom is 0.337 e. The molecule has 5 heteroatoms. The molecule has 21 heavy (non-hydrogen) atoms. The summed E-state index contributed by atoms with van der Waals surface area (Å²) in [4.78, 5) is 27.2. The Labute approximate surface area is 122 Å². The largest absolute Gasteiger partial charge is 0.478 e. The zero-order valence-electron chi connectivity index (χ0n) is 11.8. The van der Waals surface area contributed by atoms with Crippen LogP contribution in [0.2, 0.25) is 0 Å². The summed E-state index contributed by atoms with van der Waals surface area (Å²) in [5.41, 5.74) is 0.541. The predicted molar refractivity (Wildman–Crippen MR) is 79.3 cm³/mol. The van der Waals surface area contributed by atoms with E-state index in [1.807, 2.05) is 44.2 Å². The fourth-order valence-electron chi connectivity index (χ4n) is 1.90. The smallest absolute Gasteiger partial charge is 0.337 e. The van der Waals surface area contributed by atoms with Gasteiger partial charge >= 0.3 is 5.97 Å². The lowest BCUT2D eigenvalue weighted by Crippen LogP contribution is -2.34. The van der Waals surface area contributed by atoms with E-state index in [0.29, 0.717) is 5.69 Å². The number of aromatic carboxylic acids is 1. The van der Waals surface area contributed by atoms with Gasteiger partial charge in [-0.25, -0.2) is 4.79 Å². The van der Waals surface area contributed by atoms with E-state index in [-0.39, 0.29) is 11.5 Å². The molecule has 0 atom stereocenters. The minimum Gasteiger partial charge on any atom is -0.478 e. The Morgan fingerprint density at radius 3 is 2.43 bits per heavy atom. The third-order valence-corrected chi connectivity index (χ3v) is 3.31. The minimum atomic E-state index is -1.08. The van der Waals surface area contributed by atoms with Gasteiger partial charge in [-0.05, 0) is 25.5 Å². The number of carboxylic acid groups (broad SMARTS) is 1. The van der Waals surface area contributed by atoms with E-state index in [4.69, 9.17) is 5.11 Å². The summed E-state index contributed by atoms with van der Waals surface area (Å²) in [6.45, 7) is 3.62. The van der Waals surface area contributed by atoms with E-state index in [1.165, 1.54) is 18.5 Å². The first kappa shape index (κ1) is 14.7. The normalized spacial score (nSPS) is 11.0. The first-order valence-corrected chi connectivity index (χ1v) is 6.46. The average Bonchev–Trinajstić information content (AvgIpc) is 2.48. The lowest BCUT2D eigenvalue weighted by atomic mass is 9.83. The molecule has 2 rings (SSSR count). The fraction of sp³-hybridized carbons (Fsp3) is 0.188. The van der Waals surface area contributed by atoms with Crippen LogP contribution in [0.25, 0.3) is 0 Å². The van der Waals surface area contributed by atoms with Crippen LogP contribution < -0.4 is 5.32 Å². The molecular formula is C16H16N2O3. The van der Waals surface area contributed by atoms with Crippen molar-refractivity contribution in [1.82, 2.24) is 4.98 Å². The number of carbonyl (C=O) groups excluding carboxylic acids is 1. The molecule has 2 aromatic rings. The number of benzene rings is 1. The molecule has 0 aliphatic rings. The number of carbonyl (C=O) groups is 2. The van der Waals surface area contributed by atoms with Crippen molar-refractivity contribution in [3.8, 4) is 0 Å². The van der Waals surface area contributed by atoms with Gasteiger partial charge in [-0.1, -0.05) is 30.3 Å². The molecule has 0 radical (unpaired) electrons. The first-order valence-electron chi connectivity index (χ1n) is 6.46. The summed E-state index contributed by atoms with van der Waals surface area (Å²) >= 11 is 0. The highest BCUT2D eigenvalue weighted by molar-refractivity contribution is 5.99. The van der Waals surface area contributed by atoms with Crippen LogP contribution in [-0.4, -0.2) is 22.0 Å². The number of pyridine rings is 1. The van der Waals surface area contributed by atoms with Crippen molar-refractivity contribution in [1.29, 1.82) is 0 Å². The van der Waals surface area contributed by atoms with Crippen LogP contribution in [0.15, 0.2) is 48.8 Å². The monoisotopic (exact) mass is 284 g/mol. The van der Waals surface area contributed by atoms with Crippen molar-refractivity contribution >= 4 is 17.6 Å². The Balaban J connectivity index is 2.21. The molecule has 1 amide bonds. The van der Waals surface area contributed by atoms with E-state index in [1.54, 1.807) is 0 Å². The number of hydrogen-bond acceptors (Lipinski definition) is 3. The molecule has 1 heterocycles. The molecule has 5 nitrogen and oxygen atoms in total. The quantitative estimate of drug-likeness (QED) is 0.904. The number of hydrogen-bond donors (Lipinski definition) is 2. The molecule has 1 aromatic heterocycles. The zero-order valence-corrected chi connectivity index (χ0v) is 11.8. The van der Waals surface area contributed by atoms with Crippen molar-refractivity contribution in [3.63, 3.8) is 0 Å². The van der Waals surface area contributed by atoms with Crippen LogP contribution in [0, 0.1) is 0 Å². The molecule has 1 aromatic carbocycles. The van der Waals surface area contributed by atoms with Crippen molar-refractivity contribution < 1.29 is 14.7 Å². The van der Waals surface area contributed by atoms with Gasteiger partial charge in [0.1, 0.15) is 0 Å². The Hall–Kier alpha value is -2.69. The van der Waals surface area contributed by atoms with Crippen molar-refractivity contribution in [2.24, 2.45) is 0 Å². The van der Waals surface area contributed by atoms with Gasteiger partial charge in [0, 0.05) is 6.20 Å². The zero-order chi connectivity index (χ0) is 15.5. The number of carboxylic acids is 1. The third-order valence-electron chi connectivity index (χ3n) is 3.31. The number of amides is 1. The van der Waals surface area contributed by atoms with Crippen LogP contribution in [0.5, 0.6) is 0 Å². The molecule has 0 spiro atoms. The standard InChI is InChI=1S/C16H16N2O3/c1-16(2,12-6-4-3-5-7-12)15(21)18-13-8-11(14(19)20)9-17-10-13/h3-10H,1-2H3,(H,18,21)(H,19,20). The summed E-state index contributed by atoms with van der Waals surface area (Å²) in [7, 11) is 0. The molecule has 0 saturated carbocycles. The lowest BCUT2D eigenvalue weighted by molar-refractivity contribution is -0.120. The van der Waals surface area contributed by atoms with Crippen LogP contribution in [-0.2, 0) is 10.2 Å². The summed E-state index contributed by atoms with van der Waals surface area (Å²) < 4.78 is 0. The molecule has 0 aliphatic carbocycles. The highest BCUT2D eigenvalue weighted by atomic mass is 16.4. The van der Waals surface area contributed by atoms with Crippen LogP contribution >= 0.6 is 0 Å². The number of aromatic nitrogens is 1. The number of anilines is 1. The predicted octanol–water partition coefficient (Wildman–Crippen LogP) is 2.70. The SMILES string of the molecule is CC(C)(C(=O)Nc1cncc(C(=O)O)c1)c1ccccc1. The van der Waals surface area contributed by atoms with E-state index >= 15 is 0 Å². The molecule has 0 aliphatic heterocycles. The second-order valence-corrected chi connectivity index (χ2v) is 5.21. The minimum absolute atomic E-state index is 0.0327. The highest BCUT2D eigenvalue weighted by Gasteiger charge is 2.29. The van der Waals surface area contributed by atoms with Crippen LogP contribution in [0.4, 0.5) is 5.69 Å². The highest BCUT2D eigenvalue weighted by Crippen LogP contribution is 2.24. The summed E-state index contributed by atoms with van der Waals surface area (Å²) in [5.74, 6) is -1.31. The van der Waals surface area contributed by atoms with Gasteiger partial charge < -0.3 is 10.4 Å². The van der Waals surface area contributed by atoms with E-state index in [0.717, 1.165) is 5.56 Å². The molecule has 0 fully saturated rings. The van der Waals surface area contributed by atoms with Crippen molar-refractivity contribution in [3.05, 3.63) is 59.9 Å². The van der Waals surface area contributed by atoms with E-state index in [9.17, 15) is 9.59 Å². The van der Waals surface area contributed by atoms with Gasteiger partial charge in [0.2, 0.25) is 5.91 Å². The summed E-state index contributed by atoms with van der Waals surface area (Å²) in [6, 6.07) is 10.8. The molecule has 2 N–H and O–H groups in total. The molecule has 0 saturated heterocycles. The fourth-order valence-corrected chi connectivity index (χ4v) is 1.90. The van der Waals surface area contributed by atoms with Gasteiger partial charge in [0.05, 0.1) is 22.9 Å². The van der Waals surface area contributed by atoms with Gasteiger partial charge in [-0.3, -0.25) is 9.78 Å². The van der Waals surface area contributed by atoms with Gasteiger partial charge in [0.25, 0.3) is 0 Å². The molecule has 108 valence electrons. The first-order chi connectivity index (χ1) is 9.91. The van der Waals surface area contributed by atoms with Crippen molar-refractivity contribution in [2.75, 3.05) is 5.32 Å². The van der Waals surface area contributed by atoms with Gasteiger partial charge in [-0.15, -0.1) is 0 Å². The van der Waals surface area contributed by atoms with E-state index in [2.05, 4.69) is 10.3 Å². The van der Waals surface area contributed by atoms with Crippen LogP contribution in [0.3, 0.4) is 0 Å². The maximum atomic E-state index is 12.4. The maximum absolute atomic E-state index is 12.4. The van der Waals surface area contributed by atoms with Crippen molar-refractivity contribution in [2.45, 2.75) is 19.3 Å². The Morgan fingerprint density at radius 2 is 1.81 bits per heavy atom. The number of rotatable bonds is 4. The molecule has 0 unspecified atom stereocenters. The topological polar surface area (TPSA) is 79.3 Å². The summed E-state index contributed by atoms with van der Waals surface area (Å²) in [5, 5.41) is 11.6. The third kappa shape index (κ3) is 3.25.